The summed E-state index contributed by atoms with van der Waals surface area (Å²) in [5.41, 5.74) is 1.17. The molecule has 1 N–H and O–H groups in total. The van der Waals surface area contributed by atoms with Crippen LogP contribution >= 0.6 is 11.3 Å². The molecule has 4 nitrogen and oxygen atoms in total. The van der Waals surface area contributed by atoms with Gasteiger partial charge in [-0.25, -0.2) is 4.98 Å². The van der Waals surface area contributed by atoms with Gasteiger partial charge < -0.3 is 15.1 Å². The first-order chi connectivity index (χ1) is 9.20. The van der Waals surface area contributed by atoms with Gasteiger partial charge in [-0.3, -0.25) is 0 Å². The van der Waals surface area contributed by atoms with Crippen molar-refractivity contribution in [2.75, 3.05) is 38.6 Å². The van der Waals surface area contributed by atoms with Crippen LogP contribution in [-0.4, -0.2) is 49.7 Å². The minimum Gasteiger partial charge on any atom is -0.347 e. The van der Waals surface area contributed by atoms with E-state index in [0.29, 0.717) is 6.04 Å². The van der Waals surface area contributed by atoms with Gasteiger partial charge in [-0.2, -0.15) is 0 Å². The van der Waals surface area contributed by atoms with E-state index >= 15 is 0 Å². The average molecular weight is 282 g/mol. The maximum atomic E-state index is 4.75. The van der Waals surface area contributed by atoms with E-state index in [9.17, 15) is 0 Å². The van der Waals surface area contributed by atoms with Crippen molar-refractivity contribution in [3.05, 3.63) is 11.1 Å². The number of likely N-dealkylation sites (N-methyl/N-ethyl adjacent to an activating group) is 2. The van der Waals surface area contributed by atoms with E-state index in [2.05, 4.69) is 41.5 Å². The number of nitrogens with one attached hydrogen (secondary N) is 1. The zero-order valence-corrected chi connectivity index (χ0v) is 13.2. The number of hydrogen-bond acceptors (Lipinski definition) is 5. The van der Waals surface area contributed by atoms with E-state index in [1.807, 2.05) is 0 Å². The van der Waals surface area contributed by atoms with Gasteiger partial charge in [0.15, 0.2) is 5.13 Å². The lowest BCUT2D eigenvalue weighted by Gasteiger charge is -2.35. The molecule has 0 radical (unpaired) electrons. The lowest BCUT2D eigenvalue weighted by molar-refractivity contribution is 0.248. The fourth-order valence-corrected chi connectivity index (χ4v) is 3.41. The maximum Gasteiger partial charge on any atom is 0.185 e. The van der Waals surface area contributed by atoms with Gasteiger partial charge in [0, 0.05) is 31.6 Å². The molecular weight excluding hydrogens is 256 g/mol. The molecule has 2 heterocycles. The van der Waals surface area contributed by atoms with Crippen LogP contribution in [0.4, 0.5) is 5.13 Å². The number of hydrogen-bond donors (Lipinski definition) is 1. The standard InChI is InChI=1S/C14H26N4S/c1-4-7-15-9-12-11-19-14(16-12)18(3)13-6-5-8-17(2)10-13/h11,13,15H,4-10H2,1-3H3. The number of piperidine rings is 1. The van der Waals surface area contributed by atoms with Gasteiger partial charge in [-0.05, 0) is 39.4 Å². The van der Waals surface area contributed by atoms with Crippen LogP contribution in [-0.2, 0) is 6.54 Å². The van der Waals surface area contributed by atoms with Crippen LogP contribution in [0, 0.1) is 0 Å². The Labute approximate surface area is 120 Å². The van der Waals surface area contributed by atoms with E-state index in [1.165, 1.54) is 31.5 Å². The number of anilines is 1. The summed E-state index contributed by atoms with van der Waals surface area (Å²) in [6.07, 6.45) is 3.75. The Bertz CT molecular complexity index is 379. The van der Waals surface area contributed by atoms with Crippen LogP contribution in [0.3, 0.4) is 0 Å². The Balaban J connectivity index is 1.89. The zero-order chi connectivity index (χ0) is 13.7. The zero-order valence-electron chi connectivity index (χ0n) is 12.4. The highest BCUT2D eigenvalue weighted by molar-refractivity contribution is 7.13. The van der Waals surface area contributed by atoms with Gasteiger partial charge >= 0.3 is 0 Å². The van der Waals surface area contributed by atoms with Gasteiger partial charge in [0.1, 0.15) is 0 Å². The molecule has 1 saturated heterocycles. The second kappa shape index (κ2) is 7.22. The Hall–Kier alpha value is -0.650. The van der Waals surface area contributed by atoms with Crippen LogP contribution in [0.1, 0.15) is 31.9 Å². The molecule has 1 fully saturated rings. The average Bonchev–Trinajstić information content (AvgIpc) is 2.87. The third-order valence-corrected chi connectivity index (χ3v) is 4.70. The molecule has 1 aromatic heterocycles. The van der Waals surface area contributed by atoms with Crippen molar-refractivity contribution in [1.29, 1.82) is 0 Å². The monoisotopic (exact) mass is 282 g/mol. The first-order valence-corrected chi connectivity index (χ1v) is 8.15. The summed E-state index contributed by atoms with van der Waals surface area (Å²) in [5.74, 6) is 0. The Morgan fingerprint density at radius 3 is 3.16 bits per heavy atom. The summed E-state index contributed by atoms with van der Waals surface area (Å²) in [5, 5.41) is 6.75. The predicted octanol–water partition coefficient (Wildman–Crippen LogP) is 2.17. The van der Waals surface area contributed by atoms with Crippen molar-refractivity contribution in [3.63, 3.8) is 0 Å². The molecule has 5 heteroatoms. The minimum absolute atomic E-state index is 0.612. The number of likely N-dealkylation sites (tertiary alicyclic amines) is 1. The molecule has 19 heavy (non-hydrogen) atoms. The van der Waals surface area contributed by atoms with Crippen molar-refractivity contribution < 1.29 is 0 Å². The molecule has 108 valence electrons. The molecule has 0 amide bonds. The first kappa shape index (κ1) is 14.8. The molecule has 1 unspecified atom stereocenters. The van der Waals surface area contributed by atoms with E-state index in [0.717, 1.165) is 24.8 Å². The van der Waals surface area contributed by atoms with Gasteiger partial charge in [-0.1, -0.05) is 6.92 Å². The van der Waals surface area contributed by atoms with Crippen LogP contribution in [0.2, 0.25) is 0 Å². The second-order valence-electron chi connectivity index (χ2n) is 5.47. The number of nitrogens with zero attached hydrogens (tertiary/aromatic N) is 3. The van der Waals surface area contributed by atoms with Crippen LogP contribution < -0.4 is 10.2 Å². The van der Waals surface area contributed by atoms with Gasteiger partial charge in [0.2, 0.25) is 0 Å². The lowest BCUT2D eigenvalue weighted by Crippen LogP contribution is -2.45. The highest BCUT2D eigenvalue weighted by Crippen LogP contribution is 2.24. The number of aromatic nitrogens is 1. The summed E-state index contributed by atoms with van der Waals surface area (Å²) in [4.78, 5) is 9.53. The molecular formula is C14H26N4S. The van der Waals surface area contributed by atoms with Crippen LogP contribution in [0.5, 0.6) is 0 Å². The molecule has 1 aromatic rings. The molecule has 0 saturated carbocycles. The lowest BCUT2D eigenvalue weighted by atomic mass is 10.1. The molecule has 2 rings (SSSR count). The van der Waals surface area contributed by atoms with E-state index in [1.54, 1.807) is 11.3 Å². The van der Waals surface area contributed by atoms with E-state index < -0.39 is 0 Å². The van der Waals surface area contributed by atoms with Crippen LogP contribution in [0.25, 0.3) is 0 Å². The van der Waals surface area contributed by atoms with E-state index in [4.69, 9.17) is 4.98 Å². The van der Waals surface area contributed by atoms with Crippen molar-refractivity contribution in [2.24, 2.45) is 0 Å². The summed E-state index contributed by atoms with van der Waals surface area (Å²) in [7, 11) is 4.40. The largest absolute Gasteiger partial charge is 0.347 e. The van der Waals surface area contributed by atoms with Gasteiger partial charge in [0.25, 0.3) is 0 Å². The summed E-state index contributed by atoms with van der Waals surface area (Å²) >= 11 is 1.77. The Kier molecular flexibility index (Phi) is 5.60. The van der Waals surface area contributed by atoms with Gasteiger partial charge in [-0.15, -0.1) is 11.3 Å². The van der Waals surface area contributed by atoms with Gasteiger partial charge in [0.05, 0.1) is 5.69 Å². The quantitative estimate of drug-likeness (QED) is 0.810. The molecule has 1 atom stereocenters. The number of thiazole rings is 1. The van der Waals surface area contributed by atoms with Crippen molar-refractivity contribution in [2.45, 2.75) is 38.8 Å². The van der Waals surface area contributed by atoms with Crippen molar-refractivity contribution >= 4 is 16.5 Å². The number of rotatable bonds is 6. The second-order valence-corrected chi connectivity index (χ2v) is 6.30. The fraction of sp³-hybridized carbons (Fsp3) is 0.786. The highest BCUT2D eigenvalue weighted by atomic mass is 32.1. The molecule has 0 aliphatic carbocycles. The fourth-order valence-electron chi connectivity index (χ4n) is 2.54. The van der Waals surface area contributed by atoms with Crippen LogP contribution in [0.15, 0.2) is 5.38 Å². The molecule has 1 aliphatic heterocycles. The topological polar surface area (TPSA) is 31.4 Å². The summed E-state index contributed by atoms with van der Waals surface area (Å²) < 4.78 is 0. The molecule has 0 spiro atoms. The highest BCUT2D eigenvalue weighted by Gasteiger charge is 2.22. The normalized spacial score (nSPS) is 20.7. The maximum absolute atomic E-state index is 4.75. The van der Waals surface area contributed by atoms with Crippen molar-refractivity contribution in [1.82, 2.24) is 15.2 Å². The first-order valence-electron chi connectivity index (χ1n) is 7.27. The molecule has 0 bridgehead atoms. The minimum atomic E-state index is 0.612. The van der Waals surface area contributed by atoms with E-state index in [-0.39, 0.29) is 0 Å². The predicted molar refractivity (Wildman–Crippen MR) is 83.0 cm³/mol. The summed E-state index contributed by atoms with van der Waals surface area (Å²) in [6, 6.07) is 0.612. The Morgan fingerprint density at radius 1 is 1.58 bits per heavy atom. The third-order valence-electron chi connectivity index (χ3n) is 3.72. The summed E-state index contributed by atoms with van der Waals surface area (Å²) in [6.45, 7) is 6.53. The molecule has 0 aromatic carbocycles. The third kappa shape index (κ3) is 4.16. The smallest absolute Gasteiger partial charge is 0.185 e. The Morgan fingerprint density at radius 2 is 2.42 bits per heavy atom. The van der Waals surface area contributed by atoms with Crippen molar-refractivity contribution in [3.8, 4) is 0 Å². The SMILES string of the molecule is CCCNCc1csc(N(C)C2CCCN(C)C2)n1. The molecule has 1 aliphatic rings.